The number of halogens is 3. The van der Waals surface area contributed by atoms with E-state index in [4.69, 9.17) is 5.11 Å². The molecular weight excluding hydrogens is 413 g/mol. The van der Waals surface area contributed by atoms with Gasteiger partial charge < -0.3 is 20.4 Å². The number of rotatable bonds is 12. The Morgan fingerprint density at radius 1 is 1.03 bits per heavy atom. The lowest BCUT2D eigenvalue weighted by Gasteiger charge is -2.24. The van der Waals surface area contributed by atoms with Gasteiger partial charge in [-0.05, 0) is 62.0 Å². The summed E-state index contributed by atoms with van der Waals surface area (Å²) < 4.78 is 38.5. The molecule has 1 aliphatic rings. The summed E-state index contributed by atoms with van der Waals surface area (Å²) in [6.45, 7) is 0. The standard InChI is InChI=1S/C23H33F3O5/c24-23(25,26)16-7-5-6-15(12-16)13-17(27)10-11-19-18(20(28)14-21(19)29)8-3-1-2-4-9-22(30)31/h5-7,12,17-21,27-29H,1-4,8-11,13-14H2,(H,30,31)/t17?,18-,19-,20+,21-/m1/s1. The van der Waals surface area contributed by atoms with E-state index in [1.54, 1.807) is 6.07 Å². The average molecular weight is 447 g/mol. The van der Waals surface area contributed by atoms with E-state index in [2.05, 4.69) is 0 Å². The van der Waals surface area contributed by atoms with E-state index in [-0.39, 0.29) is 31.1 Å². The predicted molar refractivity (Wildman–Crippen MR) is 109 cm³/mol. The third-order valence-corrected chi connectivity index (χ3v) is 6.26. The van der Waals surface area contributed by atoms with Gasteiger partial charge in [-0.15, -0.1) is 0 Å². The summed E-state index contributed by atoms with van der Waals surface area (Å²) in [4.78, 5) is 10.5. The van der Waals surface area contributed by atoms with Crippen LogP contribution >= 0.6 is 0 Å². The van der Waals surface area contributed by atoms with Crippen LogP contribution in [0.3, 0.4) is 0 Å². The number of aliphatic carboxylic acids is 1. The van der Waals surface area contributed by atoms with Crippen molar-refractivity contribution in [2.75, 3.05) is 0 Å². The van der Waals surface area contributed by atoms with E-state index in [9.17, 15) is 33.3 Å². The van der Waals surface area contributed by atoms with Gasteiger partial charge in [-0.2, -0.15) is 13.2 Å². The Morgan fingerprint density at radius 2 is 1.68 bits per heavy atom. The van der Waals surface area contributed by atoms with Gasteiger partial charge in [-0.3, -0.25) is 4.79 Å². The molecule has 1 fully saturated rings. The molecule has 0 heterocycles. The molecule has 4 N–H and O–H groups in total. The second-order valence-electron chi connectivity index (χ2n) is 8.68. The summed E-state index contributed by atoms with van der Waals surface area (Å²) >= 11 is 0. The maximum atomic E-state index is 12.8. The first-order valence-electron chi connectivity index (χ1n) is 11.0. The second-order valence-corrected chi connectivity index (χ2v) is 8.68. The average Bonchev–Trinajstić information content (AvgIpc) is 2.94. The van der Waals surface area contributed by atoms with Gasteiger partial charge in [-0.1, -0.05) is 37.5 Å². The molecule has 0 amide bonds. The Bertz CT molecular complexity index is 694. The van der Waals surface area contributed by atoms with E-state index >= 15 is 0 Å². The summed E-state index contributed by atoms with van der Waals surface area (Å²) in [5.41, 5.74) is -0.331. The van der Waals surface area contributed by atoms with Crippen LogP contribution in [-0.2, 0) is 17.4 Å². The molecule has 8 heteroatoms. The molecule has 176 valence electrons. The summed E-state index contributed by atoms with van der Waals surface area (Å²) in [6, 6.07) is 4.93. The quantitative estimate of drug-likeness (QED) is 0.361. The van der Waals surface area contributed by atoms with Crippen molar-refractivity contribution in [2.45, 2.75) is 88.7 Å². The molecule has 31 heavy (non-hydrogen) atoms. The molecule has 2 rings (SSSR count). The van der Waals surface area contributed by atoms with Crippen molar-refractivity contribution in [2.24, 2.45) is 11.8 Å². The molecule has 1 saturated carbocycles. The molecule has 5 atom stereocenters. The molecular formula is C23H33F3O5. The SMILES string of the molecule is O=C(O)CCCCCC[C@@H]1[C@@H](CCC(O)Cc2cccc(C(F)(F)F)c2)[C@H](O)C[C@@H]1O. The third kappa shape index (κ3) is 8.43. The van der Waals surface area contributed by atoms with Crippen LogP contribution in [0.2, 0.25) is 0 Å². The minimum Gasteiger partial charge on any atom is -0.481 e. The Kier molecular flexibility index (Phi) is 9.78. The van der Waals surface area contributed by atoms with Gasteiger partial charge in [0.25, 0.3) is 0 Å². The largest absolute Gasteiger partial charge is 0.481 e. The molecule has 1 aromatic carbocycles. The highest BCUT2D eigenvalue weighted by Crippen LogP contribution is 2.39. The number of carboxylic acid groups (broad SMARTS) is 1. The van der Waals surface area contributed by atoms with Crippen LogP contribution in [-0.4, -0.2) is 44.7 Å². The van der Waals surface area contributed by atoms with Crippen LogP contribution in [0.5, 0.6) is 0 Å². The highest BCUT2D eigenvalue weighted by atomic mass is 19.4. The molecule has 0 radical (unpaired) electrons. The smallest absolute Gasteiger partial charge is 0.416 e. The van der Waals surface area contributed by atoms with Gasteiger partial charge in [0.05, 0.1) is 23.9 Å². The third-order valence-electron chi connectivity index (χ3n) is 6.26. The zero-order valence-corrected chi connectivity index (χ0v) is 17.6. The van der Waals surface area contributed by atoms with Crippen molar-refractivity contribution < 1.29 is 38.4 Å². The molecule has 0 bridgehead atoms. The fourth-order valence-electron chi connectivity index (χ4n) is 4.62. The van der Waals surface area contributed by atoms with Gasteiger partial charge in [0.2, 0.25) is 0 Å². The summed E-state index contributed by atoms with van der Waals surface area (Å²) in [7, 11) is 0. The molecule has 0 aliphatic heterocycles. The number of unbranched alkanes of at least 4 members (excludes halogenated alkanes) is 3. The van der Waals surface area contributed by atoms with Crippen LogP contribution in [0.15, 0.2) is 24.3 Å². The first kappa shape index (κ1) is 25.6. The molecule has 1 unspecified atom stereocenters. The summed E-state index contributed by atoms with van der Waals surface area (Å²) in [5.74, 6) is -1.06. The Morgan fingerprint density at radius 3 is 2.32 bits per heavy atom. The lowest BCUT2D eigenvalue weighted by molar-refractivity contribution is -0.138. The number of aliphatic hydroxyl groups excluding tert-OH is 3. The highest BCUT2D eigenvalue weighted by molar-refractivity contribution is 5.66. The molecule has 0 aromatic heterocycles. The van der Waals surface area contributed by atoms with E-state index in [0.717, 1.165) is 37.8 Å². The van der Waals surface area contributed by atoms with Crippen molar-refractivity contribution in [3.8, 4) is 0 Å². The van der Waals surface area contributed by atoms with Crippen LogP contribution < -0.4 is 0 Å². The van der Waals surface area contributed by atoms with Crippen LogP contribution in [0.25, 0.3) is 0 Å². The highest BCUT2D eigenvalue weighted by Gasteiger charge is 2.40. The number of alkyl halides is 3. The zero-order chi connectivity index (χ0) is 23.0. The topological polar surface area (TPSA) is 98.0 Å². The fourth-order valence-corrected chi connectivity index (χ4v) is 4.62. The van der Waals surface area contributed by atoms with Crippen LogP contribution in [0.1, 0.15) is 68.9 Å². The van der Waals surface area contributed by atoms with Crippen molar-refractivity contribution in [1.29, 1.82) is 0 Å². The maximum Gasteiger partial charge on any atom is 0.416 e. The number of benzene rings is 1. The number of carboxylic acids is 1. The van der Waals surface area contributed by atoms with Crippen molar-refractivity contribution in [3.63, 3.8) is 0 Å². The minimum atomic E-state index is -4.42. The van der Waals surface area contributed by atoms with Gasteiger partial charge in [0.1, 0.15) is 0 Å². The first-order chi connectivity index (χ1) is 14.6. The van der Waals surface area contributed by atoms with E-state index < -0.39 is 36.0 Å². The lowest BCUT2D eigenvalue weighted by Crippen LogP contribution is -2.24. The van der Waals surface area contributed by atoms with E-state index in [1.165, 1.54) is 6.07 Å². The number of hydrogen-bond acceptors (Lipinski definition) is 4. The number of aliphatic hydroxyl groups is 3. The number of hydrogen-bond donors (Lipinski definition) is 4. The normalized spacial score (nSPS) is 25.0. The number of carbonyl (C=O) groups is 1. The van der Waals surface area contributed by atoms with E-state index in [0.29, 0.717) is 24.8 Å². The second kappa shape index (κ2) is 11.8. The summed E-state index contributed by atoms with van der Waals surface area (Å²) in [6.07, 6.45) is -1.33. The van der Waals surface area contributed by atoms with Crippen molar-refractivity contribution in [3.05, 3.63) is 35.4 Å². The van der Waals surface area contributed by atoms with Gasteiger partial charge >= 0.3 is 12.1 Å². The Balaban J connectivity index is 1.81. The molecule has 5 nitrogen and oxygen atoms in total. The molecule has 0 spiro atoms. The predicted octanol–water partition coefficient (Wildman–Crippen LogP) is 4.17. The van der Waals surface area contributed by atoms with Gasteiger partial charge in [0, 0.05) is 6.42 Å². The van der Waals surface area contributed by atoms with Gasteiger partial charge in [-0.25, -0.2) is 0 Å². The first-order valence-corrected chi connectivity index (χ1v) is 11.0. The fraction of sp³-hybridized carbons (Fsp3) is 0.696. The monoisotopic (exact) mass is 446 g/mol. The van der Waals surface area contributed by atoms with Gasteiger partial charge in [0.15, 0.2) is 0 Å². The Hall–Kier alpha value is -1.64. The lowest BCUT2D eigenvalue weighted by atomic mass is 9.84. The van der Waals surface area contributed by atoms with Crippen molar-refractivity contribution >= 4 is 5.97 Å². The van der Waals surface area contributed by atoms with E-state index in [1.807, 2.05) is 0 Å². The molecule has 0 saturated heterocycles. The summed E-state index contributed by atoms with van der Waals surface area (Å²) in [5, 5.41) is 39.6. The van der Waals surface area contributed by atoms with Crippen molar-refractivity contribution in [1.82, 2.24) is 0 Å². The zero-order valence-electron chi connectivity index (χ0n) is 17.6. The molecule has 1 aromatic rings. The van der Waals surface area contributed by atoms with Crippen LogP contribution in [0, 0.1) is 11.8 Å². The molecule has 1 aliphatic carbocycles. The Labute approximate surface area is 180 Å². The van der Waals surface area contributed by atoms with Crippen LogP contribution in [0.4, 0.5) is 13.2 Å². The minimum absolute atomic E-state index is 0.0877. The maximum absolute atomic E-state index is 12.8.